The molecular formula is C23H38N4O3S. The molecule has 8 heteroatoms. The van der Waals surface area contributed by atoms with Crippen molar-refractivity contribution in [3.8, 4) is 0 Å². The standard InChI is InChI=1S/C23H38N4O3S/c1-18(2)17-26-14-10-19(11-15-26)24-23(28)21-16-20(31(29,30)25(3)4)8-9-22(21)27-12-6-5-7-13-27/h8-9,16,18-19H,5-7,10-15,17H2,1-4H3,(H,24,28). The second-order valence-electron chi connectivity index (χ2n) is 9.46. The van der Waals surface area contributed by atoms with E-state index in [4.69, 9.17) is 0 Å². The van der Waals surface area contributed by atoms with Gasteiger partial charge in [-0.1, -0.05) is 13.8 Å². The zero-order valence-electron chi connectivity index (χ0n) is 19.4. The Hall–Kier alpha value is -1.64. The molecule has 2 heterocycles. The summed E-state index contributed by atoms with van der Waals surface area (Å²) in [7, 11) is -0.579. The first-order valence-corrected chi connectivity index (χ1v) is 13.0. The predicted octanol–water partition coefficient (Wildman–Crippen LogP) is 2.78. The zero-order chi connectivity index (χ0) is 22.6. The quantitative estimate of drug-likeness (QED) is 0.692. The van der Waals surface area contributed by atoms with Gasteiger partial charge in [0, 0.05) is 58.5 Å². The summed E-state index contributed by atoms with van der Waals surface area (Å²) >= 11 is 0. The van der Waals surface area contributed by atoms with E-state index in [2.05, 4.69) is 29.0 Å². The average Bonchev–Trinajstić information content (AvgIpc) is 2.74. The van der Waals surface area contributed by atoms with Gasteiger partial charge in [-0.25, -0.2) is 12.7 Å². The first-order valence-electron chi connectivity index (χ1n) is 11.5. The van der Waals surface area contributed by atoms with Crippen molar-refractivity contribution in [2.45, 2.75) is 56.9 Å². The molecule has 1 aromatic rings. The lowest BCUT2D eigenvalue weighted by Gasteiger charge is -2.34. The third kappa shape index (κ3) is 5.99. The monoisotopic (exact) mass is 450 g/mol. The molecule has 2 aliphatic heterocycles. The largest absolute Gasteiger partial charge is 0.371 e. The van der Waals surface area contributed by atoms with Crippen molar-refractivity contribution in [1.82, 2.24) is 14.5 Å². The third-order valence-corrected chi connectivity index (χ3v) is 8.05. The van der Waals surface area contributed by atoms with Crippen LogP contribution >= 0.6 is 0 Å². The van der Waals surface area contributed by atoms with Gasteiger partial charge in [0.2, 0.25) is 10.0 Å². The van der Waals surface area contributed by atoms with Gasteiger partial charge in [-0.3, -0.25) is 4.79 Å². The van der Waals surface area contributed by atoms with Crippen molar-refractivity contribution in [2.75, 3.05) is 51.7 Å². The summed E-state index contributed by atoms with van der Waals surface area (Å²) in [5, 5.41) is 3.20. The summed E-state index contributed by atoms with van der Waals surface area (Å²) in [6, 6.07) is 5.12. The van der Waals surface area contributed by atoms with Crippen LogP contribution in [0, 0.1) is 5.92 Å². The third-order valence-electron chi connectivity index (χ3n) is 6.23. The molecule has 0 aliphatic carbocycles. The first kappa shape index (κ1) is 24.0. The van der Waals surface area contributed by atoms with Crippen LogP contribution in [0.2, 0.25) is 0 Å². The van der Waals surface area contributed by atoms with Crippen LogP contribution in [0.5, 0.6) is 0 Å². The zero-order valence-corrected chi connectivity index (χ0v) is 20.2. The van der Waals surface area contributed by atoms with Crippen LogP contribution in [0.4, 0.5) is 5.69 Å². The molecule has 2 saturated heterocycles. The van der Waals surface area contributed by atoms with E-state index >= 15 is 0 Å². The smallest absolute Gasteiger partial charge is 0.253 e. The Labute approximate surface area is 187 Å². The molecule has 0 radical (unpaired) electrons. The highest BCUT2D eigenvalue weighted by atomic mass is 32.2. The number of rotatable bonds is 7. The van der Waals surface area contributed by atoms with Crippen LogP contribution < -0.4 is 10.2 Å². The number of hydrogen-bond acceptors (Lipinski definition) is 5. The lowest BCUT2D eigenvalue weighted by molar-refractivity contribution is 0.0907. The molecule has 0 saturated carbocycles. The Morgan fingerprint density at radius 3 is 2.32 bits per heavy atom. The Morgan fingerprint density at radius 2 is 1.74 bits per heavy atom. The maximum absolute atomic E-state index is 13.3. The molecule has 0 unspecified atom stereocenters. The molecule has 0 spiro atoms. The molecule has 2 aliphatic rings. The highest BCUT2D eigenvalue weighted by molar-refractivity contribution is 7.89. The van der Waals surface area contributed by atoms with E-state index in [0.29, 0.717) is 11.5 Å². The second kappa shape index (κ2) is 10.3. The summed E-state index contributed by atoms with van der Waals surface area (Å²) in [6.07, 6.45) is 5.22. The van der Waals surface area contributed by atoms with Crippen molar-refractivity contribution < 1.29 is 13.2 Å². The molecule has 0 atom stereocenters. The number of benzene rings is 1. The number of nitrogens with zero attached hydrogens (tertiary/aromatic N) is 3. The Bertz CT molecular complexity index is 856. The number of piperidine rings is 2. The molecule has 0 aromatic heterocycles. The SMILES string of the molecule is CC(C)CN1CCC(NC(=O)c2cc(S(=O)(=O)N(C)C)ccc2N2CCCCC2)CC1. The van der Waals surface area contributed by atoms with Crippen LogP contribution in [0.1, 0.15) is 56.3 Å². The van der Waals surface area contributed by atoms with Gasteiger partial charge in [0.1, 0.15) is 0 Å². The van der Waals surface area contributed by atoms with Crippen molar-refractivity contribution in [3.63, 3.8) is 0 Å². The van der Waals surface area contributed by atoms with Gasteiger partial charge in [-0.15, -0.1) is 0 Å². The number of carbonyl (C=O) groups is 1. The molecule has 174 valence electrons. The highest BCUT2D eigenvalue weighted by Crippen LogP contribution is 2.28. The van der Waals surface area contributed by atoms with Gasteiger partial charge < -0.3 is 15.1 Å². The number of amides is 1. The number of nitrogens with one attached hydrogen (secondary N) is 1. The molecule has 1 amide bonds. The van der Waals surface area contributed by atoms with Gasteiger partial charge in [0.25, 0.3) is 5.91 Å². The van der Waals surface area contributed by atoms with Gasteiger partial charge >= 0.3 is 0 Å². The molecule has 1 N–H and O–H groups in total. The van der Waals surface area contributed by atoms with E-state index in [1.165, 1.54) is 24.8 Å². The van der Waals surface area contributed by atoms with Crippen LogP contribution in [0.25, 0.3) is 0 Å². The molecule has 31 heavy (non-hydrogen) atoms. The fourth-order valence-electron chi connectivity index (χ4n) is 4.52. The average molecular weight is 451 g/mol. The van der Waals surface area contributed by atoms with E-state index in [-0.39, 0.29) is 16.8 Å². The minimum atomic E-state index is -3.60. The van der Waals surface area contributed by atoms with Crippen molar-refractivity contribution in [2.24, 2.45) is 5.92 Å². The summed E-state index contributed by atoms with van der Waals surface area (Å²) in [5.41, 5.74) is 1.31. The van der Waals surface area contributed by atoms with E-state index in [1.807, 2.05) is 6.07 Å². The molecular weight excluding hydrogens is 412 g/mol. The topological polar surface area (TPSA) is 73.0 Å². The minimum absolute atomic E-state index is 0.124. The predicted molar refractivity (Wildman–Crippen MR) is 125 cm³/mol. The Kier molecular flexibility index (Phi) is 7.99. The van der Waals surface area contributed by atoms with Crippen molar-refractivity contribution in [3.05, 3.63) is 23.8 Å². The maximum atomic E-state index is 13.3. The lowest BCUT2D eigenvalue weighted by atomic mass is 10.0. The normalized spacial score (nSPS) is 19.2. The van der Waals surface area contributed by atoms with Crippen LogP contribution in [-0.2, 0) is 10.0 Å². The van der Waals surface area contributed by atoms with E-state index < -0.39 is 10.0 Å². The molecule has 2 fully saturated rings. The van der Waals surface area contributed by atoms with Gasteiger partial charge in [-0.2, -0.15) is 0 Å². The summed E-state index contributed by atoms with van der Waals surface area (Å²) in [5.74, 6) is 0.471. The highest BCUT2D eigenvalue weighted by Gasteiger charge is 2.26. The molecule has 7 nitrogen and oxygen atoms in total. The summed E-state index contributed by atoms with van der Waals surface area (Å²) in [4.78, 5) is 18.2. The number of sulfonamides is 1. The van der Waals surface area contributed by atoms with Crippen LogP contribution in [-0.4, -0.2) is 76.4 Å². The first-order chi connectivity index (χ1) is 14.7. The van der Waals surface area contributed by atoms with Gasteiger partial charge in [-0.05, 0) is 56.2 Å². The van der Waals surface area contributed by atoms with Crippen molar-refractivity contribution >= 4 is 21.6 Å². The van der Waals surface area contributed by atoms with Crippen LogP contribution in [0.15, 0.2) is 23.1 Å². The number of hydrogen-bond donors (Lipinski definition) is 1. The number of carbonyl (C=O) groups excluding carboxylic acids is 1. The summed E-state index contributed by atoms with van der Waals surface area (Å²) in [6.45, 7) is 9.30. The van der Waals surface area contributed by atoms with E-state index in [0.717, 1.165) is 64.1 Å². The molecule has 1 aromatic carbocycles. The minimum Gasteiger partial charge on any atom is -0.371 e. The Balaban J connectivity index is 1.80. The van der Waals surface area contributed by atoms with E-state index in [1.54, 1.807) is 12.1 Å². The van der Waals surface area contributed by atoms with Crippen molar-refractivity contribution in [1.29, 1.82) is 0 Å². The van der Waals surface area contributed by atoms with Gasteiger partial charge in [0.15, 0.2) is 0 Å². The lowest BCUT2D eigenvalue weighted by Crippen LogP contribution is -2.45. The molecule has 3 rings (SSSR count). The number of anilines is 1. The summed E-state index contributed by atoms with van der Waals surface area (Å²) < 4.78 is 26.6. The second-order valence-corrected chi connectivity index (χ2v) is 11.6. The maximum Gasteiger partial charge on any atom is 0.253 e. The van der Waals surface area contributed by atoms with E-state index in [9.17, 15) is 13.2 Å². The number of likely N-dealkylation sites (tertiary alicyclic amines) is 1. The van der Waals surface area contributed by atoms with Crippen LogP contribution in [0.3, 0.4) is 0 Å². The Morgan fingerprint density at radius 1 is 1.10 bits per heavy atom. The fourth-order valence-corrected chi connectivity index (χ4v) is 5.45. The molecule has 0 bridgehead atoms. The fraction of sp³-hybridized carbons (Fsp3) is 0.696. The van der Waals surface area contributed by atoms with Gasteiger partial charge in [0.05, 0.1) is 10.5 Å².